The molecule has 0 saturated carbocycles. The maximum absolute atomic E-state index is 6.01. The molecule has 0 radical (unpaired) electrons. The molecule has 1 fully saturated rings. The molecule has 96 valence electrons. The number of imidazole rings is 1. The van der Waals surface area contributed by atoms with Gasteiger partial charge >= 0.3 is 0 Å². The van der Waals surface area contributed by atoms with Gasteiger partial charge in [-0.25, -0.2) is 4.98 Å². The van der Waals surface area contributed by atoms with Crippen LogP contribution in [-0.2, 0) is 17.2 Å². The molecule has 1 aliphatic heterocycles. The van der Waals surface area contributed by atoms with E-state index in [1.165, 1.54) is 9.09 Å². The van der Waals surface area contributed by atoms with Gasteiger partial charge in [0.2, 0.25) is 0 Å². The Kier molecular flexibility index (Phi) is 3.77. The Labute approximate surface area is 125 Å². The van der Waals surface area contributed by atoms with Crippen LogP contribution in [0.15, 0.2) is 18.2 Å². The summed E-state index contributed by atoms with van der Waals surface area (Å²) in [7, 11) is 0. The molecule has 1 saturated heterocycles. The first kappa shape index (κ1) is 12.7. The average Bonchev–Trinajstić information content (AvgIpc) is 2.97. The number of nitrogens with zero attached hydrogens (tertiary/aromatic N) is 2. The molecule has 1 aromatic carbocycles. The Balaban J connectivity index is 2.01. The van der Waals surface area contributed by atoms with E-state index in [1.54, 1.807) is 0 Å². The van der Waals surface area contributed by atoms with Gasteiger partial charge in [-0.1, -0.05) is 0 Å². The lowest BCUT2D eigenvalue weighted by molar-refractivity contribution is 0.182. The van der Waals surface area contributed by atoms with E-state index in [1.807, 2.05) is 0 Å². The maximum atomic E-state index is 6.01. The Hall–Kier alpha value is -0.330. The highest BCUT2D eigenvalue weighted by molar-refractivity contribution is 14.1. The van der Waals surface area contributed by atoms with Gasteiger partial charge in [0.15, 0.2) is 0 Å². The number of hydrogen-bond acceptors (Lipinski definition) is 2. The lowest BCUT2D eigenvalue weighted by Crippen LogP contribution is -2.12. The molecule has 0 N–H and O–H groups in total. The number of aromatic nitrogens is 2. The molecule has 0 bridgehead atoms. The number of hydrogen-bond donors (Lipinski definition) is 0. The van der Waals surface area contributed by atoms with Crippen molar-refractivity contribution in [1.82, 2.24) is 9.55 Å². The third-order valence-corrected chi connectivity index (χ3v) is 4.28. The van der Waals surface area contributed by atoms with Crippen molar-refractivity contribution in [2.45, 2.75) is 18.8 Å². The SMILES string of the molecule is ClCc1nc2cc(I)ccc2n1CC1CCOC1. The first-order valence-electron chi connectivity index (χ1n) is 6.06. The van der Waals surface area contributed by atoms with Crippen LogP contribution in [-0.4, -0.2) is 22.8 Å². The molecule has 1 aromatic heterocycles. The van der Waals surface area contributed by atoms with E-state index in [9.17, 15) is 0 Å². The van der Waals surface area contributed by atoms with E-state index in [0.29, 0.717) is 11.8 Å². The number of fused-ring (bicyclic) bond motifs is 1. The minimum absolute atomic E-state index is 0.457. The molecule has 18 heavy (non-hydrogen) atoms. The molecule has 0 aliphatic carbocycles. The molecule has 1 unspecified atom stereocenters. The monoisotopic (exact) mass is 376 g/mol. The van der Waals surface area contributed by atoms with Gasteiger partial charge in [0.05, 0.1) is 23.5 Å². The minimum atomic E-state index is 0.457. The van der Waals surface area contributed by atoms with Gasteiger partial charge in [0, 0.05) is 22.6 Å². The van der Waals surface area contributed by atoms with E-state index < -0.39 is 0 Å². The molecule has 5 heteroatoms. The van der Waals surface area contributed by atoms with Gasteiger partial charge < -0.3 is 9.30 Å². The van der Waals surface area contributed by atoms with Gasteiger partial charge in [-0.05, 0) is 47.2 Å². The van der Waals surface area contributed by atoms with Crippen LogP contribution < -0.4 is 0 Å². The Bertz CT molecular complexity index is 563. The van der Waals surface area contributed by atoms with Crippen molar-refractivity contribution >= 4 is 45.2 Å². The summed E-state index contributed by atoms with van der Waals surface area (Å²) in [5.74, 6) is 2.00. The standard InChI is InChI=1S/C13H14ClIN2O/c14-6-13-16-11-5-10(15)1-2-12(11)17(13)7-9-3-4-18-8-9/h1-2,5,9H,3-4,6-8H2. The zero-order valence-electron chi connectivity index (χ0n) is 9.90. The summed E-state index contributed by atoms with van der Waals surface area (Å²) in [6.45, 7) is 2.69. The Morgan fingerprint density at radius 2 is 2.39 bits per heavy atom. The second-order valence-electron chi connectivity index (χ2n) is 4.63. The molecule has 1 aliphatic rings. The topological polar surface area (TPSA) is 27.1 Å². The largest absolute Gasteiger partial charge is 0.381 e. The zero-order valence-corrected chi connectivity index (χ0v) is 12.8. The van der Waals surface area contributed by atoms with Crippen molar-refractivity contribution in [1.29, 1.82) is 0 Å². The van der Waals surface area contributed by atoms with Crippen LogP contribution in [0.25, 0.3) is 11.0 Å². The summed E-state index contributed by atoms with van der Waals surface area (Å²) >= 11 is 8.32. The van der Waals surface area contributed by atoms with Crippen molar-refractivity contribution in [3.8, 4) is 0 Å². The summed E-state index contributed by atoms with van der Waals surface area (Å²) in [4.78, 5) is 4.62. The van der Waals surface area contributed by atoms with E-state index in [4.69, 9.17) is 16.3 Å². The van der Waals surface area contributed by atoms with Crippen LogP contribution in [0, 0.1) is 9.49 Å². The third-order valence-electron chi connectivity index (χ3n) is 3.37. The fraction of sp³-hybridized carbons (Fsp3) is 0.462. The van der Waals surface area contributed by atoms with E-state index in [0.717, 1.165) is 37.5 Å². The second kappa shape index (κ2) is 5.35. The number of halogens is 2. The van der Waals surface area contributed by atoms with Crippen molar-refractivity contribution in [3.63, 3.8) is 0 Å². The molecular formula is C13H14ClIN2O. The summed E-state index contributed by atoms with van der Waals surface area (Å²) in [6, 6.07) is 6.35. The van der Waals surface area contributed by atoms with E-state index in [-0.39, 0.29) is 0 Å². The van der Waals surface area contributed by atoms with Gasteiger partial charge in [-0.15, -0.1) is 11.6 Å². The minimum Gasteiger partial charge on any atom is -0.381 e. The van der Waals surface area contributed by atoms with Crippen LogP contribution in [0.3, 0.4) is 0 Å². The quantitative estimate of drug-likeness (QED) is 0.606. The number of ether oxygens (including phenoxy) is 1. The number of rotatable bonds is 3. The molecule has 0 spiro atoms. The van der Waals surface area contributed by atoms with Crippen LogP contribution in [0.4, 0.5) is 0 Å². The van der Waals surface area contributed by atoms with Crippen LogP contribution in [0.5, 0.6) is 0 Å². The normalized spacial score (nSPS) is 19.8. The van der Waals surface area contributed by atoms with E-state index >= 15 is 0 Å². The smallest absolute Gasteiger partial charge is 0.124 e. The van der Waals surface area contributed by atoms with Crippen molar-refractivity contribution in [2.75, 3.05) is 13.2 Å². The lowest BCUT2D eigenvalue weighted by Gasteiger charge is -2.12. The van der Waals surface area contributed by atoms with Crippen molar-refractivity contribution in [3.05, 3.63) is 27.6 Å². The van der Waals surface area contributed by atoms with Crippen molar-refractivity contribution in [2.24, 2.45) is 5.92 Å². The highest BCUT2D eigenvalue weighted by Crippen LogP contribution is 2.23. The summed E-state index contributed by atoms with van der Waals surface area (Å²) in [5.41, 5.74) is 2.22. The highest BCUT2D eigenvalue weighted by atomic mass is 127. The zero-order chi connectivity index (χ0) is 12.5. The molecular weight excluding hydrogens is 363 g/mol. The number of benzene rings is 1. The molecule has 3 rings (SSSR count). The molecule has 3 nitrogen and oxygen atoms in total. The van der Waals surface area contributed by atoms with Gasteiger partial charge in [0.1, 0.15) is 5.82 Å². The lowest BCUT2D eigenvalue weighted by atomic mass is 10.1. The predicted octanol–water partition coefficient (Wildman–Crippen LogP) is 3.42. The Morgan fingerprint density at radius 3 is 3.11 bits per heavy atom. The van der Waals surface area contributed by atoms with Crippen LogP contribution >= 0.6 is 34.2 Å². The van der Waals surface area contributed by atoms with Gasteiger partial charge in [0.25, 0.3) is 0 Å². The van der Waals surface area contributed by atoms with E-state index in [2.05, 4.69) is 50.3 Å². The van der Waals surface area contributed by atoms with Gasteiger partial charge in [-0.3, -0.25) is 0 Å². The Morgan fingerprint density at radius 1 is 1.50 bits per heavy atom. The fourth-order valence-corrected chi connectivity index (χ4v) is 3.12. The third kappa shape index (κ3) is 2.38. The second-order valence-corrected chi connectivity index (χ2v) is 6.15. The van der Waals surface area contributed by atoms with Gasteiger partial charge in [-0.2, -0.15) is 0 Å². The fourth-order valence-electron chi connectivity index (χ4n) is 2.44. The van der Waals surface area contributed by atoms with Crippen molar-refractivity contribution < 1.29 is 4.74 Å². The highest BCUT2D eigenvalue weighted by Gasteiger charge is 2.19. The predicted molar refractivity (Wildman–Crippen MR) is 80.9 cm³/mol. The molecule has 2 heterocycles. The molecule has 0 amide bonds. The van der Waals surface area contributed by atoms with Crippen LogP contribution in [0.1, 0.15) is 12.2 Å². The molecule has 1 atom stereocenters. The average molecular weight is 377 g/mol. The number of alkyl halides is 1. The molecule has 2 aromatic rings. The summed E-state index contributed by atoms with van der Waals surface area (Å²) < 4.78 is 8.89. The first-order chi connectivity index (χ1) is 8.78. The maximum Gasteiger partial charge on any atom is 0.124 e. The summed E-state index contributed by atoms with van der Waals surface area (Å²) in [6.07, 6.45) is 1.13. The summed E-state index contributed by atoms with van der Waals surface area (Å²) in [5, 5.41) is 0. The van der Waals surface area contributed by atoms with Crippen LogP contribution in [0.2, 0.25) is 0 Å². The first-order valence-corrected chi connectivity index (χ1v) is 7.67.